The standard InChI is InChI=1S/C14H25NO5S/c1-14(2,9-7-13(17)18)15-12(16)8-10-21(19,20)11-5-3-4-6-11/h11H,3-10H2,1-2H3,(H,15,16)(H,17,18). The Labute approximate surface area is 126 Å². The topological polar surface area (TPSA) is 101 Å². The van der Waals surface area contributed by atoms with Gasteiger partial charge in [0.25, 0.3) is 0 Å². The van der Waals surface area contributed by atoms with Gasteiger partial charge in [0.1, 0.15) is 0 Å². The van der Waals surface area contributed by atoms with Crippen LogP contribution in [0.3, 0.4) is 0 Å². The fourth-order valence-corrected chi connectivity index (χ4v) is 4.43. The maximum atomic E-state index is 12.1. The average molecular weight is 319 g/mol. The van der Waals surface area contributed by atoms with Gasteiger partial charge in [0.15, 0.2) is 9.84 Å². The Morgan fingerprint density at radius 2 is 1.76 bits per heavy atom. The van der Waals surface area contributed by atoms with Gasteiger partial charge in [-0.2, -0.15) is 0 Å². The van der Waals surface area contributed by atoms with Crippen molar-refractivity contribution in [1.82, 2.24) is 5.32 Å². The van der Waals surface area contributed by atoms with E-state index < -0.39 is 21.3 Å². The number of carboxylic acids is 1. The minimum atomic E-state index is -3.19. The summed E-state index contributed by atoms with van der Waals surface area (Å²) in [7, 11) is -3.19. The third-order valence-electron chi connectivity index (χ3n) is 3.87. The van der Waals surface area contributed by atoms with Gasteiger partial charge in [-0.15, -0.1) is 0 Å². The molecule has 0 unspecified atom stereocenters. The predicted molar refractivity (Wildman–Crippen MR) is 79.8 cm³/mol. The number of hydrogen-bond acceptors (Lipinski definition) is 4. The smallest absolute Gasteiger partial charge is 0.303 e. The van der Waals surface area contributed by atoms with E-state index >= 15 is 0 Å². The van der Waals surface area contributed by atoms with Crippen LogP contribution in [-0.2, 0) is 19.4 Å². The molecule has 0 aliphatic heterocycles. The van der Waals surface area contributed by atoms with Crippen molar-refractivity contribution in [2.75, 3.05) is 5.75 Å². The Bertz CT molecular complexity index is 478. The van der Waals surface area contributed by atoms with Crippen LogP contribution in [0, 0.1) is 0 Å². The number of carbonyl (C=O) groups is 2. The van der Waals surface area contributed by atoms with Gasteiger partial charge < -0.3 is 10.4 Å². The number of aliphatic carboxylic acids is 1. The van der Waals surface area contributed by atoms with Crippen molar-refractivity contribution in [1.29, 1.82) is 0 Å². The summed E-state index contributed by atoms with van der Waals surface area (Å²) < 4.78 is 24.1. The van der Waals surface area contributed by atoms with E-state index in [-0.39, 0.29) is 29.8 Å². The van der Waals surface area contributed by atoms with E-state index in [9.17, 15) is 18.0 Å². The molecular weight excluding hydrogens is 294 g/mol. The Hall–Kier alpha value is -1.11. The maximum absolute atomic E-state index is 12.1. The van der Waals surface area contributed by atoms with Crippen LogP contribution in [0.25, 0.3) is 0 Å². The van der Waals surface area contributed by atoms with E-state index in [0.29, 0.717) is 19.3 Å². The zero-order chi connectivity index (χ0) is 16.1. The van der Waals surface area contributed by atoms with Crippen LogP contribution in [0.15, 0.2) is 0 Å². The van der Waals surface area contributed by atoms with Crippen LogP contribution in [0.5, 0.6) is 0 Å². The fraction of sp³-hybridized carbons (Fsp3) is 0.857. The lowest BCUT2D eigenvalue weighted by Crippen LogP contribution is -2.44. The highest BCUT2D eigenvalue weighted by atomic mass is 32.2. The molecule has 0 aromatic rings. The molecule has 1 amide bonds. The van der Waals surface area contributed by atoms with Crippen LogP contribution in [0.1, 0.15) is 58.8 Å². The summed E-state index contributed by atoms with van der Waals surface area (Å²) in [5, 5.41) is 11.1. The second-order valence-corrected chi connectivity index (χ2v) is 8.75. The largest absolute Gasteiger partial charge is 0.481 e. The van der Waals surface area contributed by atoms with Gasteiger partial charge in [0.05, 0.1) is 11.0 Å². The predicted octanol–water partition coefficient (Wildman–Crippen LogP) is 1.49. The average Bonchev–Trinajstić information content (AvgIpc) is 2.88. The Morgan fingerprint density at radius 1 is 1.19 bits per heavy atom. The molecule has 1 aliphatic rings. The molecule has 0 aromatic carbocycles. The first kappa shape index (κ1) is 17.9. The normalized spacial score (nSPS) is 16.9. The molecule has 2 N–H and O–H groups in total. The molecule has 122 valence electrons. The number of rotatable bonds is 8. The molecule has 7 heteroatoms. The SMILES string of the molecule is CC(C)(CCC(=O)O)NC(=O)CCS(=O)(=O)C1CCCC1. The second-order valence-electron chi connectivity index (χ2n) is 6.35. The third-order valence-corrected chi connectivity index (χ3v) is 6.13. The van der Waals surface area contributed by atoms with Crippen LogP contribution in [-0.4, -0.2) is 41.9 Å². The van der Waals surface area contributed by atoms with E-state index in [1.807, 2.05) is 0 Å². The van der Waals surface area contributed by atoms with E-state index in [1.54, 1.807) is 13.8 Å². The molecule has 0 spiro atoms. The minimum absolute atomic E-state index is 0.0341. The molecule has 0 aromatic heterocycles. The molecule has 1 aliphatic carbocycles. The van der Waals surface area contributed by atoms with Gasteiger partial charge in [-0.25, -0.2) is 8.42 Å². The number of carbonyl (C=O) groups excluding carboxylic acids is 1. The van der Waals surface area contributed by atoms with Crippen molar-refractivity contribution in [3.8, 4) is 0 Å². The van der Waals surface area contributed by atoms with Crippen LogP contribution in [0.4, 0.5) is 0 Å². The molecule has 0 heterocycles. The van der Waals surface area contributed by atoms with Gasteiger partial charge in [0.2, 0.25) is 5.91 Å². The lowest BCUT2D eigenvalue weighted by molar-refractivity contribution is -0.137. The van der Waals surface area contributed by atoms with E-state index in [1.165, 1.54) is 0 Å². The third kappa shape index (κ3) is 6.46. The molecular formula is C14H25NO5S. The highest BCUT2D eigenvalue weighted by Crippen LogP contribution is 2.25. The summed E-state index contributed by atoms with van der Waals surface area (Å²) in [5.74, 6) is -1.38. The molecule has 1 rings (SSSR count). The fourth-order valence-electron chi connectivity index (χ4n) is 2.57. The summed E-state index contributed by atoms with van der Waals surface area (Å²) in [6, 6.07) is 0. The molecule has 1 fully saturated rings. The molecule has 0 saturated heterocycles. The van der Waals surface area contributed by atoms with Gasteiger partial charge >= 0.3 is 5.97 Å². The van der Waals surface area contributed by atoms with E-state index in [2.05, 4.69) is 5.32 Å². The van der Waals surface area contributed by atoms with Crippen LogP contribution >= 0.6 is 0 Å². The maximum Gasteiger partial charge on any atom is 0.303 e. The first-order valence-electron chi connectivity index (χ1n) is 7.37. The first-order chi connectivity index (χ1) is 9.62. The lowest BCUT2D eigenvalue weighted by atomic mass is 9.98. The zero-order valence-electron chi connectivity index (χ0n) is 12.7. The summed E-state index contributed by atoms with van der Waals surface area (Å²) in [6.45, 7) is 3.47. The van der Waals surface area contributed by atoms with Crippen molar-refractivity contribution in [2.24, 2.45) is 0 Å². The molecule has 21 heavy (non-hydrogen) atoms. The minimum Gasteiger partial charge on any atom is -0.481 e. The molecule has 0 bridgehead atoms. The number of nitrogens with one attached hydrogen (secondary N) is 1. The quantitative estimate of drug-likeness (QED) is 0.706. The van der Waals surface area contributed by atoms with Gasteiger partial charge in [-0.05, 0) is 33.1 Å². The van der Waals surface area contributed by atoms with E-state index in [0.717, 1.165) is 12.8 Å². The molecule has 0 atom stereocenters. The Balaban J connectivity index is 2.41. The number of sulfone groups is 1. The Kier molecular flexibility index (Phi) is 6.19. The van der Waals surface area contributed by atoms with Crippen LogP contribution in [0.2, 0.25) is 0 Å². The van der Waals surface area contributed by atoms with E-state index in [4.69, 9.17) is 5.11 Å². The number of carboxylic acid groups (broad SMARTS) is 1. The van der Waals surface area contributed by atoms with Crippen molar-refractivity contribution in [3.05, 3.63) is 0 Å². The monoisotopic (exact) mass is 319 g/mol. The first-order valence-corrected chi connectivity index (χ1v) is 9.08. The summed E-state index contributed by atoms with van der Waals surface area (Å²) in [4.78, 5) is 22.4. The van der Waals surface area contributed by atoms with Crippen LogP contribution < -0.4 is 5.32 Å². The highest BCUT2D eigenvalue weighted by molar-refractivity contribution is 7.92. The number of amides is 1. The van der Waals surface area contributed by atoms with Gasteiger partial charge in [0, 0.05) is 18.4 Å². The summed E-state index contributed by atoms with van der Waals surface area (Å²) >= 11 is 0. The summed E-state index contributed by atoms with van der Waals surface area (Å²) in [5.41, 5.74) is -0.646. The highest BCUT2D eigenvalue weighted by Gasteiger charge is 2.29. The molecule has 1 saturated carbocycles. The van der Waals surface area contributed by atoms with Gasteiger partial charge in [-0.3, -0.25) is 9.59 Å². The van der Waals surface area contributed by atoms with Gasteiger partial charge in [-0.1, -0.05) is 12.8 Å². The number of hydrogen-bond donors (Lipinski definition) is 2. The molecule has 6 nitrogen and oxygen atoms in total. The molecule has 0 radical (unpaired) electrons. The lowest BCUT2D eigenvalue weighted by Gasteiger charge is -2.25. The zero-order valence-corrected chi connectivity index (χ0v) is 13.5. The second kappa shape index (κ2) is 7.24. The van der Waals surface area contributed by atoms with Crippen molar-refractivity contribution >= 4 is 21.7 Å². The Morgan fingerprint density at radius 3 is 2.29 bits per heavy atom. The van der Waals surface area contributed by atoms with Crippen molar-refractivity contribution < 1.29 is 23.1 Å². The summed E-state index contributed by atoms with van der Waals surface area (Å²) in [6.07, 6.45) is 3.51. The van der Waals surface area contributed by atoms with Crippen molar-refractivity contribution in [2.45, 2.75) is 69.6 Å². The van der Waals surface area contributed by atoms with Crippen molar-refractivity contribution in [3.63, 3.8) is 0 Å².